The average molecular weight is 420 g/mol. The fourth-order valence-electron chi connectivity index (χ4n) is 2.46. The second-order valence-corrected chi connectivity index (χ2v) is 6.36. The van der Waals surface area contributed by atoms with Crippen LogP contribution in [0, 0.1) is 0 Å². The number of amides is 1. The van der Waals surface area contributed by atoms with Crippen LogP contribution in [0.3, 0.4) is 0 Å². The minimum absolute atomic E-state index is 0.255. The van der Waals surface area contributed by atoms with Crippen molar-refractivity contribution in [1.82, 2.24) is 5.32 Å². The number of nitrogens with one attached hydrogen (secondary N) is 1. The number of hydrogen-bond donors (Lipinski definition) is 2. The summed E-state index contributed by atoms with van der Waals surface area (Å²) in [4.78, 5) is 12.3. The summed E-state index contributed by atoms with van der Waals surface area (Å²) in [6, 6.07) is 12.1. The maximum Gasteiger partial charge on any atom is 0.573 e. The van der Waals surface area contributed by atoms with Crippen molar-refractivity contribution in [3.63, 3.8) is 0 Å². The van der Waals surface area contributed by atoms with Gasteiger partial charge in [0, 0.05) is 12.2 Å². The molecule has 0 saturated heterocycles. The fourth-order valence-corrected chi connectivity index (χ4v) is 2.46. The van der Waals surface area contributed by atoms with E-state index in [-0.39, 0.29) is 18.2 Å². The molecule has 3 N–H and O–H groups in total. The highest BCUT2D eigenvalue weighted by atomic mass is 19.4. The Morgan fingerprint density at radius 2 is 1.77 bits per heavy atom. The zero-order valence-electron chi connectivity index (χ0n) is 16.6. The minimum Gasteiger partial charge on any atom is -0.457 e. The Bertz CT molecular complexity index is 916. The van der Waals surface area contributed by atoms with Crippen LogP contribution in [0.4, 0.5) is 13.2 Å². The Hall–Kier alpha value is -3.42. The molecule has 0 aliphatic carbocycles. The third-order valence-corrected chi connectivity index (χ3v) is 3.83. The van der Waals surface area contributed by atoms with E-state index in [1.54, 1.807) is 31.2 Å². The Labute approximate surface area is 173 Å². The zero-order chi connectivity index (χ0) is 22.1. The summed E-state index contributed by atoms with van der Waals surface area (Å²) in [5, 5.41) is 2.80. The molecule has 160 valence electrons. The predicted octanol–water partition coefficient (Wildman–Crippen LogP) is 5.19. The molecule has 0 spiro atoms. The Balaban J connectivity index is 2.00. The minimum atomic E-state index is -4.75. The number of benzene rings is 2. The Kier molecular flexibility index (Phi) is 7.91. The third-order valence-electron chi connectivity index (χ3n) is 3.83. The second-order valence-electron chi connectivity index (χ2n) is 6.36. The molecule has 0 bridgehead atoms. The van der Waals surface area contributed by atoms with Gasteiger partial charge in [-0.15, -0.1) is 13.2 Å². The lowest BCUT2D eigenvalue weighted by atomic mass is 10.1. The smallest absolute Gasteiger partial charge is 0.457 e. The van der Waals surface area contributed by atoms with E-state index in [1.807, 2.05) is 19.1 Å². The van der Waals surface area contributed by atoms with Crippen LogP contribution >= 0.6 is 0 Å². The van der Waals surface area contributed by atoms with Gasteiger partial charge >= 0.3 is 6.36 Å². The molecule has 1 amide bonds. The van der Waals surface area contributed by atoms with Gasteiger partial charge in [-0.3, -0.25) is 4.79 Å². The van der Waals surface area contributed by atoms with Gasteiger partial charge in [0.1, 0.15) is 17.2 Å². The zero-order valence-corrected chi connectivity index (χ0v) is 16.6. The molecule has 8 heteroatoms. The molecule has 0 saturated carbocycles. The van der Waals surface area contributed by atoms with Gasteiger partial charge in [-0.25, -0.2) is 0 Å². The predicted molar refractivity (Wildman–Crippen MR) is 108 cm³/mol. The van der Waals surface area contributed by atoms with Crippen LogP contribution in [0.15, 0.2) is 72.0 Å². The van der Waals surface area contributed by atoms with Crippen LogP contribution in [0.1, 0.15) is 25.8 Å². The van der Waals surface area contributed by atoms with Gasteiger partial charge in [-0.1, -0.05) is 31.2 Å². The van der Waals surface area contributed by atoms with Crippen LogP contribution in [-0.4, -0.2) is 12.3 Å². The summed E-state index contributed by atoms with van der Waals surface area (Å²) < 4.78 is 46.1. The summed E-state index contributed by atoms with van der Waals surface area (Å²) in [6.07, 6.45) is -0.418. The van der Waals surface area contributed by atoms with Gasteiger partial charge in [0.05, 0.1) is 5.57 Å². The number of carbonyl (C=O) groups excluding carboxylic acids is 1. The SMILES string of the molecule is CC/C=C\C(C(=O)NCc1cccc(Oc2ccc(OC(F)(F)F)cc2)c1)=C(/C)N. The van der Waals surface area contributed by atoms with Gasteiger partial charge in [0.2, 0.25) is 0 Å². The van der Waals surface area contributed by atoms with Gasteiger partial charge < -0.3 is 20.5 Å². The van der Waals surface area contributed by atoms with E-state index >= 15 is 0 Å². The van der Waals surface area contributed by atoms with Crippen LogP contribution in [0.5, 0.6) is 17.2 Å². The van der Waals surface area contributed by atoms with E-state index in [0.717, 1.165) is 12.0 Å². The number of rotatable bonds is 8. The number of allylic oxidation sites excluding steroid dienone is 2. The maximum absolute atomic E-state index is 12.3. The molecule has 0 heterocycles. The van der Waals surface area contributed by atoms with Crippen molar-refractivity contribution in [2.45, 2.75) is 33.2 Å². The molecule has 0 aliphatic heterocycles. The molecule has 0 unspecified atom stereocenters. The van der Waals surface area contributed by atoms with Crippen molar-refractivity contribution in [2.75, 3.05) is 0 Å². The van der Waals surface area contributed by atoms with Crippen LogP contribution in [-0.2, 0) is 11.3 Å². The van der Waals surface area contributed by atoms with Crippen molar-refractivity contribution in [1.29, 1.82) is 0 Å². The standard InChI is InChI=1S/C22H23F3N2O3/c1-3-4-8-20(15(2)26)21(28)27-14-16-6-5-7-19(13-16)29-17-9-11-18(12-10-17)30-22(23,24)25/h4-13H,3,14,26H2,1-2H3,(H,27,28)/b8-4-,20-15-. The lowest BCUT2D eigenvalue weighted by Gasteiger charge is -2.11. The second kappa shape index (κ2) is 10.4. The number of hydrogen-bond acceptors (Lipinski definition) is 4. The number of carbonyl (C=O) groups is 1. The van der Waals surface area contributed by atoms with E-state index in [2.05, 4.69) is 10.1 Å². The van der Waals surface area contributed by atoms with E-state index < -0.39 is 6.36 Å². The maximum atomic E-state index is 12.3. The van der Waals surface area contributed by atoms with Crippen molar-refractivity contribution in [3.05, 3.63) is 77.5 Å². The molecule has 5 nitrogen and oxygen atoms in total. The monoisotopic (exact) mass is 420 g/mol. The Morgan fingerprint density at radius 3 is 2.37 bits per heavy atom. The van der Waals surface area contributed by atoms with Gasteiger partial charge in [-0.2, -0.15) is 0 Å². The fraction of sp³-hybridized carbons (Fsp3) is 0.227. The first kappa shape index (κ1) is 22.9. The van der Waals surface area contributed by atoms with E-state index in [9.17, 15) is 18.0 Å². The molecule has 2 aromatic carbocycles. The molecule has 2 aromatic rings. The summed E-state index contributed by atoms with van der Waals surface area (Å²) in [5.74, 6) is 0.205. The summed E-state index contributed by atoms with van der Waals surface area (Å²) in [6.45, 7) is 3.87. The lowest BCUT2D eigenvalue weighted by molar-refractivity contribution is -0.274. The highest BCUT2D eigenvalue weighted by Gasteiger charge is 2.30. The third kappa shape index (κ3) is 7.54. The van der Waals surface area contributed by atoms with Gasteiger partial charge in [0.15, 0.2) is 0 Å². The van der Waals surface area contributed by atoms with E-state index in [4.69, 9.17) is 10.5 Å². The van der Waals surface area contributed by atoms with E-state index in [1.165, 1.54) is 24.3 Å². The van der Waals surface area contributed by atoms with Crippen molar-refractivity contribution in [2.24, 2.45) is 5.73 Å². The molecule has 2 rings (SSSR count). The average Bonchev–Trinajstić information content (AvgIpc) is 2.67. The highest BCUT2D eigenvalue weighted by Crippen LogP contribution is 2.27. The van der Waals surface area contributed by atoms with Gasteiger partial charge in [-0.05, 0) is 55.3 Å². The topological polar surface area (TPSA) is 73.6 Å². The number of alkyl halides is 3. The summed E-state index contributed by atoms with van der Waals surface area (Å²) >= 11 is 0. The molecular weight excluding hydrogens is 397 g/mol. The molecule has 0 aliphatic rings. The summed E-state index contributed by atoms with van der Waals surface area (Å²) in [5.41, 5.74) is 7.39. The molecule has 0 aromatic heterocycles. The molecule has 0 fully saturated rings. The highest BCUT2D eigenvalue weighted by molar-refractivity contribution is 5.96. The number of ether oxygens (including phenoxy) is 2. The summed E-state index contributed by atoms with van der Waals surface area (Å²) in [7, 11) is 0. The first-order valence-electron chi connectivity index (χ1n) is 9.21. The normalized spacial score (nSPS) is 12.4. The van der Waals surface area contributed by atoms with Crippen molar-refractivity contribution < 1.29 is 27.4 Å². The lowest BCUT2D eigenvalue weighted by Crippen LogP contribution is -2.25. The van der Waals surface area contributed by atoms with Crippen molar-refractivity contribution >= 4 is 5.91 Å². The van der Waals surface area contributed by atoms with Crippen molar-refractivity contribution in [3.8, 4) is 17.2 Å². The van der Waals surface area contributed by atoms with Crippen LogP contribution in [0.25, 0.3) is 0 Å². The van der Waals surface area contributed by atoms with Crippen LogP contribution < -0.4 is 20.5 Å². The molecule has 30 heavy (non-hydrogen) atoms. The number of nitrogens with two attached hydrogens (primary N) is 1. The largest absolute Gasteiger partial charge is 0.573 e. The molecule has 0 radical (unpaired) electrons. The molecular formula is C22H23F3N2O3. The quantitative estimate of drug-likeness (QED) is 0.455. The Morgan fingerprint density at radius 1 is 1.10 bits per heavy atom. The van der Waals surface area contributed by atoms with E-state index in [0.29, 0.717) is 22.8 Å². The van der Waals surface area contributed by atoms with Crippen LogP contribution in [0.2, 0.25) is 0 Å². The first-order chi connectivity index (χ1) is 14.2. The van der Waals surface area contributed by atoms with Gasteiger partial charge in [0.25, 0.3) is 5.91 Å². The number of halogens is 3. The first-order valence-corrected chi connectivity index (χ1v) is 9.21. The molecule has 0 atom stereocenters.